The van der Waals surface area contributed by atoms with Crippen LogP contribution in [0.15, 0.2) is 29.3 Å². The summed E-state index contributed by atoms with van der Waals surface area (Å²) in [5.41, 5.74) is -0.224. The van der Waals surface area contributed by atoms with Crippen molar-refractivity contribution < 1.29 is 38.2 Å². The fourth-order valence-corrected chi connectivity index (χ4v) is 4.41. The Kier molecular flexibility index (Phi) is 6.36. The summed E-state index contributed by atoms with van der Waals surface area (Å²) in [5, 5.41) is 11.6. The van der Waals surface area contributed by atoms with Crippen LogP contribution in [0.25, 0.3) is 10.2 Å². The van der Waals surface area contributed by atoms with Crippen molar-refractivity contribution in [1.29, 1.82) is 0 Å². The molecular formula is C21H19N3O9S. The molecule has 3 aromatic rings. The average Bonchev–Trinajstić information content (AvgIpc) is 3.40. The Morgan fingerprint density at radius 3 is 2.47 bits per heavy atom. The van der Waals surface area contributed by atoms with Crippen molar-refractivity contribution in [3.8, 4) is 23.0 Å². The number of benzene rings is 2. The van der Waals surface area contributed by atoms with Crippen molar-refractivity contribution >= 4 is 39.1 Å². The third-order valence-electron chi connectivity index (χ3n) is 4.90. The molecule has 1 aromatic heterocycles. The third kappa shape index (κ3) is 4.24. The zero-order chi connectivity index (χ0) is 24.4. The first kappa shape index (κ1) is 23.0. The van der Waals surface area contributed by atoms with Gasteiger partial charge in [-0.1, -0.05) is 11.3 Å². The number of rotatable bonds is 7. The Morgan fingerprint density at radius 1 is 1.15 bits per heavy atom. The number of ether oxygens (including phenoxy) is 5. The number of hydrogen-bond donors (Lipinski definition) is 0. The molecule has 0 radical (unpaired) electrons. The Morgan fingerprint density at radius 2 is 1.82 bits per heavy atom. The van der Waals surface area contributed by atoms with Crippen molar-refractivity contribution in [2.45, 2.75) is 13.5 Å². The molecule has 178 valence electrons. The molecule has 34 heavy (non-hydrogen) atoms. The molecule has 13 heteroatoms. The number of thiazole rings is 1. The van der Waals surface area contributed by atoms with Gasteiger partial charge in [-0.3, -0.25) is 19.7 Å². The van der Waals surface area contributed by atoms with Gasteiger partial charge in [-0.05, 0) is 6.92 Å². The van der Waals surface area contributed by atoms with Crippen LogP contribution >= 0.6 is 11.3 Å². The number of carbonyl (C=O) groups excluding carboxylic acids is 2. The van der Waals surface area contributed by atoms with Gasteiger partial charge >= 0.3 is 5.97 Å². The quantitative estimate of drug-likeness (QED) is 0.278. The monoisotopic (exact) mass is 489 g/mol. The summed E-state index contributed by atoms with van der Waals surface area (Å²) in [5.74, 6) is -0.197. The zero-order valence-corrected chi connectivity index (χ0v) is 19.2. The second kappa shape index (κ2) is 9.39. The summed E-state index contributed by atoms with van der Waals surface area (Å²) < 4.78 is 28.3. The molecule has 12 nitrogen and oxygen atoms in total. The number of nitro groups is 1. The van der Waals surface area contributed by atoms with Gasteiger partial charge in [0, 0.05) is 18.2 Å². The van der Waals surface area contributed by atoms with Crippen molar-refractivity contribution in [2.75, 3.05) is 27.6 Å². The van der Waals surface area contributed by atoms with E-state index >= 15 is 0 Å². The molecule has 0 saturated carbocycles. The largest absolute Gasteiger partial charge is 0.493 e. The van der Waals surface area contributed by atoms with E-state index in [9.17, 15) is 19.7 Å². The SMILES string of the molecule is CCOC(=O)Cn1c(=NC(=O)c2cc(OC)c(OC)cc2[N+](=O)[O-])sc2cc3c(cc21)OCO3. The second-order valence-corrected chi connectivity index (χ2v) is 7.86. The van der Waals surface area contributed by atoms with Crippen LogP contribution in [-0.2, 0) is 16.1 Å². The molecule has 1 aliphatic rings. The third-order valence-corrected chi connectivity index (χ3v) is 5.94. The Bertz CT molecular complexity index is 1380. The van der Waals surface area contributed by atoms with E-state index in [0.717, 1.165) is 17.4 Å². The van der Waals surface area contributed by atoms with Crippen LogP contribution in [0.5, 0.6) is 23.0 Å². The molecule has 2 aromatic carbocycles. The van der Waals surface area contributed by atoms with E-state index in [2.05, 4.69) is 4.99 Å². The number of carbonyl (C=O) groups is 2. The molecule has 0 spiro atoms. The van der Waals surface area contributed by atoms with Crippen molar-refractivity contribution in [3.05, 3.63) is 44.7 Å². The van der Waals surface area contributed by atoms with Gasteiger partial charge in [-0.15, -0.1) is 0 Å². The summed E-state index contributed by atoms with van der Waals surface area (Å²) >= 11 is 1.11. The topological polar surface area (TPSA) is 141 Å². The number of esters is 1. The van der Waals surface area contributed by atoms with Gasteiger partial charge in [0.15, 0.2) is 27.8 Å². The molecule has 0 N–H and O–H groups in total. The molecule has 4 rings (SSSR count). The molecule has 0 fully saturated rings. The Balaban J connectivity index is 1.88. The van der Waals surface area contributed by atoms with Gasteiger partial charge in [-0.25, -0.2) is 0 Å². The van der Waals surface area contributed by atoms with E-state index in [1.807, 2.05) is 0 Å². The molecule has 1 aliphatic heterocycles. The normalized spacial score (nSPS) is 12.6. The first-order valence-electron chi connectivity index (χ1n) is 9.94. The van der Waals surface area contributed by atoms with Crippen LogP contribution in [0.1, 0.15) is 17.3 Å². The highest BCUT2D eigenvalue weighted by atomic mass is 32.1. The summed E-state index contributed by atoms with van der Waals surface area (Å²) in [6.45, 7) is 1.70. The predicted molar refractivity (Wildman–Crippen MR) is 119 cm³/mol. The van der Waals surface area contributed by atoms with Crippen LogP contribution < -0.4 is 23.7 Å². The van der Waals surface area contributed by atoms with Crippen molar-refractivity contribution in [3.63, 3.8) is 0 Å². The maximum Gasteiger partial charge on any atom is 0.326 e. The highest BCUT2D eigenvalue weighted by Gasteiger charge is 2.25. The lowest BCUT2D eigenvalue weighted by molar-refractivity contribution is -0.385. The fourth-order valence-electron chi connectivity index (χ4n) is 3.37. The van der Waals surface area contributed by atoms with Crippen LogP contribution in [0.2, 0.25) is 0 Å². The van der Waals surface area contributed by atoms with Crippen molar-refractivity contribution in [1.82, 2.24) is 4.57 Å². The first-order chi connectivity index (χ1) is 16.4. The highest BCUT2D eigenvalue weighted by molar-refractivity contribution is 7.16. The number of fused-ring (bicyclic) bond motifs is 2. The molecule has 0 bridgehead atoms. The molecule has 1 amide bonds. The summed E-state index contributed by atoms with van der Waals surface area (Å²) in [4.78, 5) is 40.5. The Hall–Kier alpha value is -4.13. The van der Waals surface area contributed by atoms with Crippen LogP contribution in [0.3, 0.4) is 0 Å². The predicted octanol–water partition coefficient (Wildman–Crippen LogP) is 2.66. The van der Waals surface area contributed by atoms with Gasteiger partial charge < -0.3 is 28.3 Å². The molecule has 0 aliphatic carbocycles. The van der Waals surface area contributed by atoms with E-state index in [1.165, 1.54) is 24.9 Å². The minimum absolute atomic E-state index is 0.0726. The lowest BCUT2D eigenvalue weighted by Crippen LogP contribution is -2.23. The van der Waals surface area contributed by atoms with Crippen LogP contribution in [-0.4, -0.2) is 49.0 Å². The second-order valence-electron chi connectivity index (χ2n) is 6.85. The molecule has 2 heterocycles. The minimum Gasteiger partial charge on any atom is -0.493 e. The van der Waals surface area contributed by atoms with E-state index in [0.29, 0.717) is 21.7 Å². The van der Waals surface area contributed by atoms with Gasteiger partial charge in [-0.2, -0.15) is 4.99 Å². The highest BCUT2D eigenvalue weighted by Crippen LogP contribution is 2.37. The summed E-state index contributed by atoms with van der Waals surface area (Å²) in [7, 11) is 2.67. The molecule has 0 unspecified atom stereocenters. The first-order valence-corrected chi connectivity index (χ1v) is 10.8. The molecular weight excluding hydrogens is 470 g/mol. The van der Waals surface area contributed by atoms with E-state index in [1.54, 1.807) is 19.1 Å². The summed E-state index contributed by atoms with van der Waals surface area (Å²) in [6, 6.07) is 5.68. The van der Waals surface area contributed by atoms with E-state index < -0.39 is 22.5 Å². The number of methoxy groups -OCH3 is 2. The number of nitrogens with zero attached hydrogens (tertiary/aromatic N) is 3. The lowest BCUT2D eigenvalue weighted by atomic mass is 10.1. The number of nitro benzene ring substituents is 1. The number of hydrogen-bond acceptors (Lipinski definition) is 10. The van der Waals surface area contributed by atoms with Gasteiger partial charge in [0.25, 0.3) is 11.6 Å². The molecule has 0 atom stereocenters. The smallest absolute Gasteiger partial charge is 0.326 e. The maximum absolute atomic E-state index is 13.1. The Labute approximate surface area is 196 Å². The van der Waals surface area contributed by atoms with Crippen LogP contribution in [0.4, 0.5) is 5.69 Å². The van der Waals surface area contributed by atoms with Gasteiger partial charge in [0.05, 0.1) is 42.0 Å². The minimum atomic E-state index is -0.892. The van der Waals surface area contributed by atoms with Gasteiger partial charge in [0.2, 0.25) is 6.79 Å². The number of amides is 1. The van der Waals surface area contributed by atoms with E-state index in [-0.39, 0.29) is 41.8 Å². The van der Waals surface area contributed by atoms with E-state index in [4.69, 9.17) is 23.7 Å². The summed E-state index contributed by atoms with van der Waals surface area (Å²) in [6.07, 6.45) is 0. The number of aromatic nitrogens is 1. The lowest BCUT2D eigenvalue weighted by Gasteiger charge is -2.09. The average molecular weight is 489 g/mol. The van der Waals surface area contributed by atoms with Gasteiger partial charge in [0.1, 0.15) is 12.1 Å². The van der Waals surface area contributed by atoms with Crippen molar-refractivity contribution in [2.24, 2.45) is 4.99 Å². The fraction of sp³-hybridized carbons (Fsp3) is 0.286. The van der Waals surface area contributed by atoms with Crippen LogP contribution in [0, 0.1) is 10.1 Å². The maximum atomic E-state index is 13.1. The molecule has 0 saturated heterocycles. The zero-order valence-electron chi connectivity index (χ0n) is 18.4. The standard InChI is InChI=1S/C21H19N3O9S/c1-4-31-19(25)9-23-13-7-16-17(33-10-32-16)8-18(13)34-21(23)22-20(26)11-5-14(29-2)15(30-3)6-12(11)24(27)28/h5-8H,4,9-10H2,1-3H3.